The molecule has 0 fully saturated rings. The minimum atomic E-state index is -0.785. The number of ether oxygens (including phenoxy) is 2. The smallest absolute Gasteiger partial charge is 0.232 e. The Labute approximate surface area is 210 Å². The van der Waals surface area contributed by atoms with Crippen LogP contribution >= 0.6 is 34.7 Å². The number of hydrogen-bond donors (Lipinski definition) is 1. The Balaban J connectivity index is 1.35. The predicted molar refractivity (Wildman–Crippen MR) is 139 cm³/mol. The molecule has 1 N–H and O–H groups in total. The highest BCUT2D eigenvalue weighted by Gasteiger charge is 2.32. The molecule has 1 aliphatic heterocycles. The van der Waals surface area contributed by atoms with Crippen molar-refractivity contribution in [2.75, 3.05) is 11.9 Å². The average Bonchev–Trinajstić information content (AvgIpc) is 3.26. The normalized spacial score (nSPS) is 16.5. The molecule has 8 heteroatoms. The van der Waals surface area contributed by atoms with Crippen molar-refractivity contribution in [3.05, 3.63) is 94.7 Å². The van der Waals surface area contributed by atoms with Gasteiger partial charge in [-0.2, -0.15) is 0 Å². The lowest BCUT2D eigenvalue weighted by Crippen LogP contribution is -2.33. The second-order valence-corrected chi connectivity index (χ2v) is 10.2. The number of nitrogens with one attached hydrogen (secondary N) is 1. The molecular weight excluding hydrogens is 488 g/mol. The van der Waals surface area contributed by atoms with E-state index in [1.165, 1.54) is 5.56 Å². The fraction of sp³-hybridized carbons (Fsp3) is 0.154. The molecule has 34 heavy (non-hydrogen) atoms. The fourth-order valence-electron chi connectivity index (χ4n) is 3.57. The van der Waals surface area contributed by atoms with Crippen molar-refractivity contribution >= 4 is 56.4 Å². The average molecular weight is 509 g/mol. The summed E-state index contributed by atoms with van der Waals surface area (Å²) >= 11 is 9.48. The Morgan fingerprint density at radius 3 is 2.85 bits per heavy atom. The number of hydrogen-bond acceptors (Lipinski definition) is 7. The number of rotatable bonds is 7. The first-order valence-electron chi connectivity index (χ1n) is 10.8. The highest BCUT2D eigenvalue weighted by atomic mass is 35.5. The van der Waals surface area contributed by atoms with Gasteiger partial charge in [0.2, 0.25) is 12.1 Å². The van der Waals surface area contributed by atoms with E-state index in [1.807, 2.05) is 43.3 Å². The molecule has 5 rings (SSSR count). The maximum absolute atomic E-state index is 13.1. The molecule has 0 bridgehead atoms. The van der Waals surface area contributed by atoms with E-state index < -0.39 is 6.29 Å². The van der Waals surface area contributed by atoms with Crippen LogP contribution in [0.3, 0.4) is 0 Å². The molecule has 0 saturated heterocycles. The van der Waals surface area contributed by atoms with Gasteiger partial charge in [0.25, 0.3) is 0 Å². The van der Waals surface area contributed by atoms with E-state index in [-0.39, 0.29) is 5.78 Å². The van der Waals surface area contributed by atoms with E-state index in [0.717, 1.165) is 26.0 Å². The van der Waals surface area contributed by atoms with E-state index in [2.05, 4.69) is 17.4 Å². The molecule has 5 nitrogen and oxygen atoms in total. The molecule has 1 aliphatic rings. The van der Waals surface area contributed by atoms with Crippen molar-refractivity contribution in [3.8, 4) is 5.75 Å². The highest BCUT2D eigenvalue weighted by Crippen LogP contribution is 2.35. The lowest BCUT2D eigenvalue weighted by molar-refractivity contribution is -0.0509. The maximum atomic E-state index is 13.1. The van der Waals surface area contributed by atoms with Crippen molar-refractivity contribution in [1.29, 1.82) is 0 Å². The molecule has 0 amide bonds. The Hall–Kier alpha value is -2.84. The summed E-state index contributed by atoms with van der Waals surface area (Å²) in [6.07, 6.45) is 0.867. The molecule has 1 atom stereocenters. The van der Waals surface area contributed by atoms with Crippen LogP contribution in [0.5, 0.6) is 5.75 Å². The largest absolute Gasteiger partial charge is 0.460 e. The first-order valence-corrected chi connectivity index (χ1v) is 12.9. The molecule has 4 aromatic rings. The van der Waals surface area contributed by atoms with E-state index in [0.29, 0.717) is 28.5 Å². The van der Waals surface area contributed by atoms with Crippen molar-refractivity contribution < 1.29 is 14.3 Å². The minimum Gasteiger partial charge on any atom is -0.460 e. The topological polar surface area (TPSA) is 60.5 Å². The third kappa shape index (κ3) is 4.98. The van der Waals surface area contributed by atoms with Crippen molar-refractivity contribution in [1.82, 2.24) is 4.98 Å². The standard InChI is InChI=1S/C26H21ClN2O3S2/c1-2-31-25-20(24(30)19-12-17(27)8-11-22(19)32-25)14-28-18-9-10-21-23(13-18)34-26(29-21)33-15-16-6-4-3-5-7-16/h3-14,25,28H,2,15H2,1H3/b20-14-. The van der Waals surface area contributed by atoms with E-state index in [4.69, 9.17) is 26.1 Å². The molecular formula is C26H21ClN2O3S2. The van der Waals surface area contributed by atoms with Crippen LogP contribution in [0.2, 0.25) is 5.02 Å². The van der Waals surface area contributed by atoms with E-state index in [9.17, 15) is 4.79 Å². The number of thioether (sulfide) groups is 1. The van der Waals surface area contributed by atoms with Crippen LogP contribution in [0.25, 0.3) is 10.2 Å². The number of anilines is 1. The molecule has 0 spiro atoms. The van der Waals surface area contributed by atoms with Crippen LogP contribution in [0.4, 0.5) is 5.69 Å². The summed E-state index contributed by atoms with van der Waals surface area (Å²) in [4.78, 5) is 17.9. The van der Waals surface area contributed by atoms with Gasteiger partial charge in [0.15, 0.2) is 4.34 Å². The number of carbonyl (C=O) groups is 1. The first kappa shape index (κ1) is 22.9. The molecule has 0 saturated carbocycles. The molecule has 1 aromatic heterocycles. The van der Waals surface area contributed by atoms with Gasteiger partial charge in [-0.05, 0) is 48.9 Å². The number of nitrogens with zero attached hydrogens (tertiary/aromatic N) is 1. The number of ketones is 1. The van der Waals surface area contributed by atoms with Crippen LogP contribution in [-0.2, 0) is 10.5 Å². The maximum Gasteiger partial charge on any atom is 0.232 e. The van der Waals surface area contributed by atoms with Crippen LogP contribution in [0, 0.1) is 0 Å². The number of fused-ring (bicyclic) bond motifs is 2. The third-order valence-electron chi connectivity index (χ3n) is 5.22. The summed E-state index contributed by atoms with van der Waals surface area (Å²) in [5, 5.41) is 3.72. The molecule has 0 aliphatic carbocycles. The summed E-state index contributed by atoms with van der Waals surface area (Å²) in [5.74, 6) is 1.18. The monoisotopic (exact) mass is 508 g/mol. The highest BCUT2D eigenvalue weighted by molar-refractivity contribution is 8.00. The van der Waals surface area contributed by atoms with E-state index >= 15 is 0 Å². The Bertz CT molecular complexity index is 1370. The SMILES string of the molecule is CCOC1Oc2ccc(Cl)cc2C(=O)/C1=C/Nc1ccc2nc(SCc3ccccc3)sc2c1. The molecule has 3 aromatic carbocycles. The predicted octanol–water partition coefficient (Wildman–Crippen LogP) is 7.18. The van der Waals surface area contributed by atoms with Crippen LogP contribution in [0.15, 0.2) is 82.8 Å². The summed E-state index contributed by atoms with van der Waals surface area (Å²) in [7, 11) is 0. The van der Waals surface area contributed by atoms with Crippen LogP contribution in [0.1, 0.15) is 22.8 Å². The van der Waals surface area contributed by atoms with Gasteiger partial charge in [-0.3, -0.25) is 4.79 Å². The number of halogens is 1. The quantitative estimate of drug-likeness (QED) is 0.211. The van der Waals surface area contributed by atoms with Crippen molar-refractivity contribution in [2.24, 2.45) is 0 Å². The van der Waals surface area contributed by atoms with Gasteiger partial charge in [0.1, 0.15) is 5.75 Å². The number of aromatic nitrogens is 1. The summed E-state index contributed by atoms with van der Waals surface area (Å²) in [5.41, 5.74) is 3.89. The third-order valence-corrected chi connectivity index (χ3v) is 7.69. The van der Waals surface area contributed by atoms with Gasteiger partial charge in [0.05, 0.1) is 21.4 Å². The Morgan fingerprint density at radius 2 is 2.03 bits per heavy atom. The van der Waals surface area contributed by atoms with E-state index in [1.54, 1.807) is 47.5 Å². The Morgan fingerprint density at radius 1 is 1.18 bits per heavy atom. The summed E-state index contributed by atoms with van der Waals surface area (Å²) in [6, 6.07) is 21.3. The van der Waals surface area contributed by atoms with Gasteiger partial charge < -0.3 is 14.8 Å². The molecule has 0 radical (unpaired) electrons. The van der Waals surface area contributed by atoms with Gasteiger partial charge in [-0.1, -0.05) is 53.7 Å². The Kier molecular flexibility index (Phi) is 6.87. The van der Waals surface area contributed by atoms with Crippen molar-refractivity contribution in [3.63, 3.8) is 0 Å². The van der Waals surface area contributed by atoms with Crippen LogP contribution in [-0.4, -0.2) is 23.7 Å². The minimum absolute atomic E-state index is 0.173. The second kappa shape index (κ2) is 10.2. The number of carbonyl (C=O) groups excluding carboxylic acids is 1. The van der Waals surface area contributed by atoms with Crippen molar-refractivity contribution in [2.45, 2.75) is 23.3 Å². The summed E-state index contributed by atoms with van der Waals surface area (Å²) < 4.78 is 13.7. The van der Waals surface area contributed by atoms with Gasteiger partial charge in [-0.25, -0.2) is 4.98 Å². The number of Topliss-reactive ketones (excluding diaryl/α,β-unsaturated/α-hetero) is 1. The first-order chi connectivity index (χ1) is 16.6. The fourth-order valence-corrected chi connectivity index (χ4v) is 5.80. The van der Waals surface area contributed by atoms with Gasteiger partial charge in [0, 0.05) is 29.3 Å². The van der Waals surface area contributed by atoms with Gasteiger partial charge >= 0.3 is 0 Å². The van der Waals surface area contributed by atoms with Gasteiger partial charge in [-0.15, -0.1) is 11.3 Å². The zero-order chi connectivity index (χ0) is 23.5. The zero-order valence-corrected chi connectivity index (χ0v) is 20.7. The molecule has 1 unspecified atom stereocenters. The lowest BCUT2D eigenvalue weighted by atomic mass is 10.00. The number of benzene rings is 3. The zero-order valence-electron chi connectivity index (χ0n) is 18.3. The van der Waals surface area contributed by atoms with Crippen LogP contribution < -0.4 is 10.1 Å². The number of thiazole rings is 1. The molecule has 2 heterocycles. The summed E-state index contributed by atoms with van der Waals surface area (Å²) in [6.45, 7) is 2.27. The second-order valence-electron chi connectivity index (χ2n) is 7.56. The lowest BCUT2D eigenvalue weighted by Gasteiger charge is -2.27. The molecule has 172 valence electrons.